The van der Waals surface area contributed by atoms with E-state index in [9.17, 15) is 0 Å². The number of rotatable bonds is 6. The SMILES string of the molecule is BrCCNCCCC1CCCO1. The van der Waals surface area contributed by atoms with Crippen LogP contribution >= 0.6 is 15.9 Å². The van der Waals surface area contributed by atoms with E-state index in [4.69, 9.17) is 4.74 Å². The Morgan fingerprint density at radius 3 is 3.00 bits per heavy atom. The zero-order valence-electron chi connectivity index (χ0n) is 7.52. The zero-order chi connectivity index (χ0) is 8.65. The first-order valence-electron chi connectivity index (χ1n) is 4.82. The van der Waals surface area contributed by atoms with Gasteiger partial charge < -0.3 is 10.1 Å². The Labute approximate surface area is 83.2 Å². The summed E-state index contributed by atoms with van der Waals surface area (Å²) < 4.78 is 5.52. The number of ether oxygens (including phenoxy) is 1. The quantitative estimate of drug-likeness (QED) is 0.562. The Kier molecular flexibility index (Phi) is 6.00. The third-order valence-electron chi connectivity index (χ3n) is 2.17. The van der Waals surface area contributed by atoms with Crippen molar-refractivity contribution in [2.45, 2.75) is 31.8 Å². The van der Waals surface area contributed by atoms with Crippen molar-refractivity contribution in [1.29, 1.82) is 0 Å². The summed E-state index contributed by atoms with van der Waals surface area (Å²) in [6, 6.07) is 0. The van der Waals surface area contributed by atoms with E-state index in [2.05, 4.69) is 21.2 Å². The molecule has 0 amide bonds. The van der Waals surface area contributed by atoms with Crippen molar-refractivity contribution in [3.05, 3.63) is 0 Å². The fourth-order valence-corrected chi connectivity index (χ4v) is 1.80. The van der Waals surface area contributed by atoms with E-state index in [1.165, 1.54) is 25.7 Å². The average Bonchev–Trinajstić information content (AvgIpc) is 2.57. The van der Waals surface area contributed by atoms with Crippen LogP contribution in [0.1, 0.15) is 25.7 Å². The molecule has 2 nitrogen and oxygen atoms in total. The average molecular weight is 236 g/mol. The van der Waals surface area contributed by atoms with Crippen molar-refractivity contribution >= 4 is 15.9 Å². The van der Waals surface area contributed by atoms with Gasteiger partial charge in [-0.3, -0.25) is 0 Å². The number of hydrogen-bond acceptors (Lipinski definition) is 2. The Hall–Kier alpha value is 0.400. The highest BCUT2D eigenvalue weighted by atomic mass is 79.9. The van der Waals surface area contributed by atoms with Gasteiger partial charge in [0.1, 0.15) is 0 Å². The number of hydrogen-bond donors (Lipinski definition) is 1. The molecule has 0 saturated carbocycles. The molecular formula is C9H18BrNO. The van der Waals surface area contributed by atoms with Crippen LogP contribution in [0.5, 0.6) is 0 Å². The maximum absolute atomic E-state index is 5.52. The van der Waals surface area contributed by atoms with Crippen molar-refractivity contribution in [3.8, 4) is 0 Å². The van der Waals surface area contributed by atoms with Crippen LogP contribution in [0.4, 0.5) is 0 Å². The first kappa shape index (κ1) is 10.5. The van der Waals surface area contributed by atoms with Crippen molar-refractivity contribution in [1.82, 2.24) is 5.32 Å². The molecule has 72 valence electrons. The third kappa shape index (κ3) is 4.43. The second-order valence-electron chi connectivity index (χ2n) is 3.22. The van der Waals surface area contributed by atoms with Gasteiger partial charge >= 0.3 is 0 Å². The molecule has 1 heterocycles. The molecule has 12 heavy (non-hydrogen) atoms. The molecule has 0 radical (unpaired) electrons. The van der Waals surface area contributed by atoms with Crippen molar-refractivity contribution in [2.75, 3.05) is 25.0 Å². The van der Waals surface area contributed by atoms with Crippen LogP contribution < -0.4 is 5.32 Å². The highest BCUT2D eigenvalue weighted by molar-refractivity contribution is 9.09. The molecular weight excluding hydrogens is 218 g/mol. The van der Waals surface area contributed by atoms with Gasteiger partial charge in [0.05, 0.1) is 6.10 Å². The lowest BCUT2D eigenvalue weighted by atomic mass is 10.1. The molecule has 1 aliphatic heterocycles. The molecule has 0 bridgehead atoms. The molecule has 0 aliphatic carbocycles. The molecule has 1 N–H and O–H groups in total. The summed E-state index contributed by atoms with van der Waals surface area (Å²) in [5, 5.41) is 4.41. The first-order valence-corrected chi connectivity index (χ1v) is 5.94. The van der Waals surface area contributed by atoms with Crippen LogP contribution in [-0.2, 0) is 4.74 Å². The highest BCUT2D eigenvalue weighted by Gasteiger charge is 2.13. The van der Waals surface area contributed by atoms with Crippen LogP contribution in [-0.4, -0.2) is 31.1 Å². The maximum Gasteiger partial charge on any atom is 0.0576 e. The summed E-state index contributed by atoms with van der Waals surface area (Å²) in [4.78, 5) is 0. The van der Waals surface area contributed by atoms with Crippen LogP contribution in [0.25, 0.3) is 0 Å². The van der Waals surface area contributed by atoms with Crippen LogP contribution in [0.3, 0.4) is 0 Å². The Morgan fingerprint density at radius 1 is 1.42 bits per heavy atom. The number of halogens is 1. The van der Waals surface area contributed by atoms with E-state index in [1.807, 2.05) is 0 Å². The summed E-state index contributed by atoms with van der Waals surface area (Å²) in [5.41, 5.74) is 0. The molecule has 1 aliphatic rings. The molecule has 0 aromatic heterocycles. The first-order chi connectivity index (χ1) is 5.93. The predicted molar refractivity (Wildman–Crippen MR) is 54.9 cm³/mol. The van der Waals surface area contributed by atoms with E-state index in [-0.39, 0.29) is 0 Å². The van der Waals surface area contributed by atoms with Crippen LogP contribution in [0.15, 0.2) is 0 Å². The third-order valence-corrected chi connectivity index (χ3v) is 2.57. The van der Waals surface area contributed by atoms with E-state index >= 15 is 0 Å². The van der Waals surface area contributed by atoms with Gasteiger partial charge in [-0.05, 0) is 32.2 Å². The van der Waals surface area contributed by atoms with Gasteiger partial charge in [-0.25, -0.2) is 0 Å². The van der Waals surface area contributed by atoms with Crippen LogP contribution in [0, 0.1) is 0 Å². The van der Waals surface area contributed by atoms with Gasteiger partial charge in [-0.15, -0.1) is 0 Å². The lowest BCUT2D eigenvalue weighted by Crippen LogP contribution is -2.19. The smallest absolute Gasteiger partial charge is 0.0576 e. The fourth-order valence-electron chi connectivity index (χ4n) is 1.52. The number of alkyl halides is 1. The predicted octanol–water partition coefficient (Wildman–Crippen LogP) is 1.93. The molecule has 1 rings (SSSR count). The van der Waals surface area contributed by atoms with Crippen molar-refractivity contribution in [2.24, 2.45) is 0 Å². The second kappa shape index (κ2) is 6.87. The Morgan fingerprint density at radius 2 is 2.33 bits per heavy atom. The van der Waals surface area contributed by atoms with E-state index in [0.29, 0.717) is 6.10 Å². The monoisotopic (exact) mass is 235 g/mol. The molecule has 1 atom stereocenters. The molecule has 0 aromatic carbocycles. The standard InChI is InChI=1S/C9H18BrNO/c10-5-7-11-6-1-3-9-4-2-8-12-9/h9,11H,1-8H2. The molecule has 3 heteroatoms. The summed E-state index contributed by atoms with van der Waals surface area (Å²) in [7, 11) is 0. The summed E-state index contributed by atoms with van der Waals surface area (Å²) in [6.07, 6.45) is 5.58. The maximum atomic E-state index is 5.52. The summed E-state index contributed by atoms with van der Waals surface area (Å²) >= 11 is 3.38. The summed E-state index contributed by atoms with van der Waals surface area (Å²) in [6.45, 7) is 3.19. The Bertz CT molecular complexity index is 105. The van der Waals surface area contributed by atoms with Gasteiger partial charge in [0.2, 0.25) is 0 Å². The van der Waals surface area contributed by atoms with Gasteiger partial charge in [0.25, 0.3) is 0 Å². The Balaban J connectivity index is 1.81. The van der Waals surface area contributed by atoms with E-state index < -0.39 is 0 Å². The minimum absolute atomic E-state index is 0.566. The van der Waals surface area contributed by atoms with Gasteiger partial charge in [0, 0.05) is 18.5 Å². The molecule has 1 fully saturated rings. The van der Waals surface area contributed by atoms with E-state index in [0.717, 1.165) is 25.0 Å². The fraction of sp³-hybridized carbons (Fsp3) is 1.00. The minimum atomic E-state index is 0.566. The molecule has 0 aromatic rings. The van der Waals surface area contributed by atoms with Crippen molar-refractivity contribution in [3.63, 3.8) is 0 Å². The van der Waals surface area contributed by atoms with E-state index in [1.54, 1.807) is 0 Å². The van der Waals surface area contributed by atoms with Crippen LogP contribution in [0.2, 0.25) is 0 Å². The second-order valence-corrected chi connectivity index (χ2v) is 4.01. The highest BCUT2D eigenvalue weighted by Crippen LogP contribution is 2.16. The van der Waals surface area contributed by atoms with Crippen molar-refractivity contribution < 1.29 is 4.74 Å². The lowest BCUT2D eigenvalue weighted by Gasteiger charge is -2.08. The zero-order valence-corrected chi connectivity index (χ0v) is 9.11. The molecule has 1 unspecified atom stereocenters. The summed E-state index contributed by atoms with van der Waals surface area (Å²) in [5.74, 6) is 0. The van der Waals surface area contributed by atoms with Gasteiger partial charge in [-0.1, -0.05) is 15.9 Å². The number of nitrogens with one attached hydrogen (secondary N) is 1. The minimum Gasteiger partial charge on any atom is -0.378 e. The molecule has 0 spiro atoms. The topological polar surface area (TPSA) is 21.3 Å². The van der Waals surface area contributed by atoms with Gasteiger partial charge in [-0.2, -0.15) is 0 Å². The normalized spacial score (nSPS) is 23.2. The lowest BCUT2D eigenvalue weighted by molar-refractivity contribution is 0.102. The largest absolute Gasteiger partial charge is 0.378 e. The van der Waals surface area contributed by atoms with Gasteiger partial charge in [0.15, 0.2) is 0 Å². The molecule has 1 saturated heterocycles.